The zero-order valence-corrected chi connectivity index (χ0v) is 15.0. The lowest BCUT2D eigenvalue weighted by molar-refractivity contribution is 0.256. The summed E-state index contributed by atoms with van der Waals surface area (Å²) in [6.07, 6.45) is 5.52. The van der Waals surface area contributed by atoms with Gasteiger partial charge in [-0.2, -0.15) is 0 Å². The van der Waals surface area contributed by atoms with E-state index >= 15 is 0 Å². The van der Waals surface area contributed by atoms with Crippen molar-refractivity contribution in [2.24, 2.45) is 5.92 Å². The first-order valence-electron chi connectivity index (χ1n) is 7.50. The lowest BCUT2D eigenvalue weighted by Crippen LogP contribution is -2.41. The highest BCUT2D eigenvalue weighted by atomic mass is 28.4. The molecule has 1 atom stereocenters. The van der Waals surface area contributed by atoms with Crippen LogP contribution in [0, 0.1) is 5.92 Å². The van der Waals surface area contributed by atoms with Gasteiger partial charge in [-0.25, -0.2) is 0 Å². The summed E-state index contributed by atoms with van der Waals surface area (Å²) < 4.78 is 6.20. The Hall–Kier alpha value is -0.123. The van der Waals surface area contributed by atoms with Gasteiger partial charge in [0, 0.05) is 6.61 Å². The maximum atomic E-state index is 8.92. The lowest BCUT2D eigenvalue weighted by atomic mass is 10.0. The molecule has 0 saturated heterocycles. The molecule has 1 N–H and O–H groups in total. The highest BCUT2D eigenvalue weighted by molar-refractivity contribution is 6.74. The minimum atomic E-state index is -1.57. The number of aliphatic hydroxyl groups excluding tert-OH is 1. The average Bonchev–Trinajstić information content (AvgIpc) is 2.26. The Morgan fingerprint density at radius 2 is 1.84 bits per heavy atom. The summed E-state index contributed by atoms with van der Waals surface area (Å²) in [7, 11) is -1.57. The van der Waals surface area contributed by atoms with E-state index in [1.165, 1.54) is 6.42 Å². The Morgan fingerprint density at radius 3 is 2.32 bits per heavy atom. The molecule has 0 aliphatic heterocycles. The summed E-state index contributed by atoms with van der Waals surface area (Å²) in [6.45, 7) is 16.8. The van der Waals surface area contributed by atoms with Gasteiger partial charge >= 0.3 is 0 Å². The second-order valence-electron chi connectivity index (χ2n) is 7.29. The summed E-state index contributed by atoms with van der Waals surface area (Å²) in [5.41, 5.74) is 1.07. The van der Waals surface area contributed by atoms with E-state index in [2.05, 4.69) is 46.9 Å². The summed E-state index contributed by atoms with van der Waals surface area (Å²) in [5.74, 6) is 0.688. The molecule has 0 aliphatic carbocycles. The maximum Gasteiger partial charge on any atom is 0.191 e. The van der Waals surface area contributed by atoms with Crippen LogP contribution in [-0.4, -0.2) is 26.6 Å². The van der Waals surface area contributed by atoms with Crippen LogP contribution >= 0.6 is 0 Å². The third kappa shape index (κ3) is 7.90. The fraction of sp³-hybridized carbons (Fsp3) is 0.875. The van der Waals surface area contributed by atoms with Crippen molar-refractivity contribution in [2.75, 3.05) is 13.2 Å². The van der Waals surface area contributed by atoms with Crippen LogP contribution in [0.1, 0.15) is 53.9 Å². The smallest absolute Gasteiger partial charge is 0.191 e. The second kappa shape index (κ2) is 8.23. The van der Waals surface area contributed by atoms with Crippen molar-refractivity contribution in [2.45, 2.75) is 72.0 Å². The first-order chi connectivity index (χ1) is 8.60. The normalized spacial score (nSPS) is 15.7. The number of rotatable bonds is 8. The van der Waals surface area contributed by atoms with Crippen LogP contribution in [0.5, 0.6) is 0 Å². The van der Waals surface area contributed by atoms with Crippen LogP contribution < -0.4 is 0 Å². The van der Waals surface area contributed by atoms with Crippen LogP contribution in [-0.2, 0) is 4.43 Å². The van der Waals surface area contributed by atoms with Crippen molar-refractivity contribution in [1.29, 1.82) is 0 Å². The molecule has 0 heterocycles. The number of hydrogen-bond acceptors (Lipinski definition) is 2. The molecule has 0 aromatic carbocycles. The van der Waals surface area contributed by atoms with Gasteiger partial charge in [-0.05, 0) is 50.2 Å². The molecule has 0 amide bonds. The largest absolute Gasteiger partial charge is 0.417 e. The van der Waals surface area contributed by atoms with E-state index in [0.29, 0.717) is 11.0 Å². The topological polar surface area (TPSA) is 29.5 Å². The zero-order chi connectivity index (χ0) is 15.1. The molecule has 0 aromatic rings. The van der Waals surface area contributed by atoms with E-state index in [0.717, 1.165) is 25.0 Å². The number of hydrogen-bond donors (Lipinski definition) is 1. The predicted molar refractivity (Wildman–Crippen MR) is 87.0 cm³/mol. The Kier molecular flexibility index (Phi) is 8.17. The van der Waals surface area contributed by atoms with Gasteiger partial charge in [-0.3, -0.25) is 0 Å². The third-order valence-corrected chi connectivity index (χ3v) is 8.82. The summed E-state index contributed by atoms with van der Waals surface area (Å²) in [4.78, 5) is 0. The fourth-order valence-electron chi connectivity index (χ4n) is 1.55. The van der Waals surface area contributed by atoms with E-state index in [1.807, 2.05) is 6.92 Å². The van der Waals surface area contributed by atoms with Crippen LogP contribution in [0.15, 0.2) is 11.6 Å². The van der Waals surface area contributed by atoms with E-state index in [1.54, 1.807) is 0 Å². The number of aliphatic hydroxyl groups is 1. The van der Waals surface area contributed by atoms with Gasteiger partial charge in [0.2, 0.25) is 0 Å². The molecular weight excluding hydrogens is 252 g/mol. The molecule has 0 fully saturated rings. The molecule has 0 aromatic heterocycles. The van der Waals surface area contributed by atoms with Crippen LogP contribution in [0.3, 0.4) is 0 Å². The van der Waals surface area contributed by atoms with Crippen molar-refractivity contribution in [3.8, 4) is 0 Å². The number of allylic oxidation sites excluding steroid dienone is 1. The fourth-order valence-corrected chi connectivity index (χ4v) is 2.62. The van der Waals surface area contributed by atoms with E-state index < -0.39 is 8.32 Å². The van der Waals surface area contributed by atoms with Gasteiger partial charge in [0.25, 0.3) is 0 Å². The highest BCUT2D eigenvalue weighted by Gasteiger charge is 2.36. The summed E-state index contributed by atoms with van der Waals surface area (Å²) >= 11 is 0. The van der Waals surface area contributed by atoms with Crippen molar-refractivity contribution < 1.29 is 9.53 Å². The molecule has 0 saturated carbocycles. The van der Waals surface area contributed by atoms with Crippen LogP contribution in [0.2, 0.25) is 18.1 Å². The van der Waals surface area contributed by atoms with Crippen LogP contribution in [0.4, 0.5) is 0 Å². The molecule has 3 heteroatoms. The SMILES string of the molecule is C/C(=C\CC[C@@H](C)CCO[Si](C)(C)C(C)(C)C)CO. The Morgan fingerprint density at radius 1 is 1.26 bits per heavy atom. The zero-order valence-electron chi connectivity index (χ0n) is 14.0. The molecule has 19 heavy (non-hydrogen) atoms. The van der Waals surface area contributed by atoms with Gasteiger partial charge in [0.15, 0.2) is 8.32 Å². The minimum Gasteiger partial charge on any atom is -0.417 e. The summed E-state index contributed by atoms with van der Waals surface area (Å²) in [5, 5.41) is 9.23. The molecule has 0 radical (unpaired) electrons. The third-order valence-electron chi connectivity index (χ3n) is 4.28. The lowest BCUT2D eigenvalue weighted by Gasteiger charge is -2.36. The standard InChI is InChI=1S/C16H34O2Si/c1-14(9-8-10-15(2)13-17)11-12-18-19(6,7)16(3,4)5/h10,14,17H,8-9,11-13H2,1-7H3/b15-10+/t14-/m1/s1. The Bertz CT molecular complexity index is 277. The van der Waals surface area contributed by atoms with Gasteiger partial charge in [0.05, 0.1) is 6.61 Å². The monoisotopic (exact) mass is 286 g/mol. The van der Waals surface area contributed by atoms with Gasteiger partial charge < -0.3 is 9.53 Å². The van der Waals surface area contributed by atoms with E-state index in [4.69, 9.17) is 9.53 Å². The first kappa shape index (κ1) is 18.9. The van der Waals surface area contributed by atoms with Crippen molar-refractivity contribution in [1.82, 2.24) is 0 Å². The Balaban J connectivity index is 3.90. The molecule has 0 spiro atoms. The van der Waals surface area contributed by atoms with Gasteiger partial charge in [-0.1, -0.05) is 39.3 Å². The van der Waals surface area contributed by atoms with Crippen molar-refractivity contribution in [3.63, 3.8) is 0 Å². The van der Waals surface area contributed by atoms with Crippen molar-refractivity contribution in [3.05, 3.63) is 11.6 Å². The maximum absolute atomic E-state index is 8.92. The summed E-state index contributed by atoms with van der Waals surface area (Å²) in [6, 6.07) is 0. The van der Waals surface area contributed by atoms with E-state index in [-0.39, 0.29) is 6.61 Å². The van der Waals surface area contributed by atoms with Gasteiger partial charge in [-0.15, -0.1) is 0 Å². The molecule has 114 valence electrons. The Labute approximate surface area is 121 Å². The molecule has 0 bridgehead atoms. The average molecular weight is 287 g/mol. The quantitative estimate of drug-likeness (QED) is 0.515. The molecule has 0 unspecified atom stereocenters. The molecule has 0 aliphatic rings. The van der Waals surface area contributed by atoms with Gasteiger partial charge in [0.1, 0.15) is 0 Å². The highest BCUT2D eigenvalue weighted by Crippen LogP contribution is 2.36. The predicted octanol–water partition coefficient (Wildman–Crippen LogP) is 4.75. The van der Waals surface area contributed by atoms with Crippen molar-refractivity contribution >= 4 is 8.32 Å². The minimum absolute atomic E-state index is 0.183. The molecular formula is C16H34O2Si. The molecule has 2 nitrogen and oxygen atoms in total. The first-order valence-corrected chi connectivity index (χ1v) is 10.4. The second-order valence-corrected chi connectivity index (χ2v) is 12.1. The van der Waals surface area contributed by atoms with Crippen LogP contribution in [0.25, 0.3) is 0 Å². The molecule has 0 rings (SSSR count). The van der Waals surface area contributed by atoms with E-state index in [9.17, 15) is 0 Å².